The van der Waals surface area contributed by atoms with Gasteiger partial charge in [0.25, 0.3) is 0 Å². The molecule has 26 heavy (non-hydrogen) atoms. The van der Waals surface area contributed by atoms with Crippen LogP contribution in [0.2, 0.25) is 0 Å². The predicted molar refractivity (Wildman–Crippen MR) is 98.9 cm³/mol. The Morgan fingerprint density at radius 3 is 1.96 bits per heavy atom. The van der Waals surface area contributed by atoms with Crippen LogP contribution in [0.25, 0.3) is 0 Å². The van der Waals surface area contributed by atoms with E-state index in [4.69, 9.17) is 19.3 Å². The molecular formula is C18H40NO7+. The zero-order valence-electron chi connectivity index (χ0n) is 17.0. The molecule has 158 valence electrons. The van der Waals surface area contributed by atoms with Crippen LogP contribution in [-0.4, -0.2) is 116 Å². The summed E-state index contributed by atoms with van der Waals surface area (Å²) < 4.78 is 17.6. The quantitative estimate of drug-likeness (QED) is 0.263. The summed E-state index contributed by atoms with van der Waals surface area (Å²) in [5, 5.41) is 37.9. The van der Waals surface area contributed by atoms with E-state index in [0.717, 1.165) is 6.42 Å². The molecule has 0 aliphatic carbocycles. The summed E-state index contributed by atoms with van der Waals surface area (Å²) in [5.41, 5.74) is 0. The van der Waals surface area contributed by atoms with Gasteiger partial charge in [0.1, 0.15) is 24.9 Å². The molecule has 0 fully saturated rings. The van der Waals surface area contributed by atoms with Gasteiger partial charge in [0.2, 0.25) is 0 Å². The van der Waals surface area contributed by atoms with E-state index in [1.807, 2.05) is 28.1 Å². The maximum absolute atomic E-state index is 10.00. The first kappa shape index (κ1) is 25.7. The standard InChI is InChI=1S/C18H40NO7/c1-6-17(7-14(2)21)26-13-18(25-11-16(23)9-20)12-24-10-15(22)8-19(3,4)5/h14-18,20-23H,6-13H2,1-5H3/q+1. The van der Waals surface area contributed by atoms with Crippen LogP contribution >= 0.6 is 0 Å². The topological polar surface area (TPSA) is 109 Å². The summed E-state index contributed by atoms with van der Waals surface area (Å²) >= 11 is 0. The number of ether oxygens (including phenoxy) is 3. The van der Waals surface area contributed by atoms with E-state index in [9.17, 15) is 15.3 Å². The maximum atomic E-state index is 10.00. The lowest BCUT2D eigenvalue weighted by molar-refractivity contribution is -0.873. The first-order valence-corrected chi connectivity index (χ1v) is 9.33. The first-order chi connectivity index (χ1) is 12.1. The van der Waals surface area contributed by atoms with Gasteiger partial charge in [0.15, 0.2) is 0 Å². The molecule has 8 heteroatoms. The molecule has 0 aromatic heterocycles. The Bertz CT molecular complexity index is 336. The fraction of sp³-hybridized carbons (Fsp3) is 1.00. The van der Waals surface area contributed by atoms with Crippen LogP contribution in [0.5, 0.6) is 0 Å². The third-order valence-corrected chi connectivity index (χ3v) is 3.68. The molecule has 0 heterocycles. The van der Waals surface area contributed by atoms with Gasteiger partial charge < -0.3 is 39.1 Å². The number of hydrogen-bond acceptors (Lipinski definition) is 7. The van der Waals surface area contributed by atoms with E-state index in [1.165, 1.54) is 0 Å². The SMILES string of the molecule is CCC(CC(C)O)OCC(COCC(O)C[N+](C)(C)C)OCC(O)CO. The summed E-state index contributed by atoms with van der Waals surface area (Å²) in [6, 6.07) is 0. The van der Waals surface area contributed by atoms with Gasteiger partial charge >= 0.3 is 0 Å². The third kappa shape index (κ3) is 14.8. The summed E-state index contributed by atoms with van der Waals surface area (Å²) in [5.74, 6) is 0. The predicted octanol–water partition coefficient (Wildman–Crippen LogP) is -0.625. The van der Waals surface area contributed by atoms with Crippen LogP contribution in [0.15, 0.2) is 0 Å². The Labute approximate surface area is 157 Å². The van der Waals surface area contributed by atoms with Crippen molar-refractivity contribution in [2.24, 2.45) is 0 Å². The number of aliphatic hydroxyl groups is 4. The average molecular weight is 383 g/mol. The second kappa shape index (κ2) is 13.8. The Morgan fingerprint density at radius 2 is 1.46 bits per heavy atom. The van der Waals surface area contributed by atoms with Gasteiger partial charge in [-0.3, -0.25) is 0 Å². The minimum atomic E-state index is -0.958. The van der Waals surface area contributed by atoms with Gasteiger partial charge in [0, 0.05) is 0 Å². The molecule has 0 aliphatic rings. The Kier molecular flexibility index (Phi) is 13.6. The van der Waals surface area contributed by atoms with E-state index < -0.39 is 24.4 Å². The van der Waals surface area contributed by atoms with Crippen molar-refractivity contribution in [3.05, 3.63) is 0 Å². The molecule has 0 saturated heterocycles. The van der Waals surface area contributed by atoms with Crippen LogP contribution in [0, 0.1) is 0 Å². The van der Waals surface area contributed by atoms with E-state index >= 15 is 0 Å². The Balaban J connectivity index is 4.40. The van der Waals surface area contributed by atoms with E-state index in [-0.39, 0.29) is 39.1 Å². The Morgan fingerprint density at radius 1 is 0.846 bits per heavy atom. The fourth-order valence-corrected chi connectivity index (χ4v) is 2.44. The summed E-state index contributed by atoms with van der Waals surface area (Å²) in [6.45, 7) is 4.50. The highest BCUT2D eigenvalue weighted by Gasteiger charge is 2.19. The van der Waals surface area contributed by atoms with Crippen LogP contribution in [0.3, 0.4) is 0 Å². The molecule has 8 nitrogen and oxygen atoms in total. The van der Waals surface area contributed by atoms with Gasteiger partial charge in [-0.1, -0.05) is 6.92 Å². The fourth-order valence-electron chi connectivity index (χ4n) is 2.44. The summed E-state index contributed by atoms with van der Waals surface area (Å²) in [4.78, 5) is 0. The molecule has 5 atom stereocenters. The number of quaternary nitrogens is 1. The van der Waals surface area contributed by atoms with E-state index in [0.29, 0.717) is 17.4 Å². The van der Waals surface area contributed by atoms with Crippen molar-refractivity contribution in [1.29, 1.82) is 0 Å². The van der Waals surface area contributed by atoms with Crippen molar-refractivity contribution in [2.75, 3.05) is 60.7 Å². The van der Waals surface area contributed by atoms with Gasteiger partial charge in [-0.25, -0.2) is 0 Å². The van der Waals surface area contributed by atoms with Crippen molar-refractivity contribution in [3.8, 4) is 0 Å². The lowest BCUT2D eigenvalue weighted by Gasteiger charge is -2.27. The second-order valence-electron chi connectivity index (χ2n) is 7.90. The highest BCUT2D eigenvalue weighted by molar-refractivity contribution is 4.65. The monoisotopic (exact) mass is 382 g/mol. The van der Waals surface area contributed by atoms with Gasteiger partial charge in [0.05, 0.1) is 66.4 Å². The minimum absolute atomic E-state index is 0.0253. The highest BCUT2D eigenvalue weighted by atomic mass is 16.6. The minimum Gasteiger partial charge on any atom is -0.394 e. The molecule has 0 spiro atoms. The van der Waals surface area contributed by atoms with Crippen LogP contribution in [0.1, 0.15) is 26.7 Å². The van der Waals surface area contributed by atoms with E-state index in [1.54, 1.807) is 6.92 Å². The second-order valence-corrected chi connectivity index (χ2v) is 7.90. The lowest BCUT2D eigenvalue weighted by atomic mass is 10.1. The molecule has 0 aliphatic heterocycles. The molecule has 4 N–H and O–H groups in total. The van der Waals surface area contributed by atoms with Gasteiger partial charge in [-0.15, -0.1) is 0 Å². The molecular weight excluding hydrogens is 342 g/mol. The average Bonchev–Trinajstić information content (AvgIpc) is 2.52. The molecule has 0 amide bonds. The number of likely N-dealkylation sites (N-methyl/N-ethyl adjacent to an activating group) is 1. The lowest BCUT2D eigenvalue weighted by Crippen LogP contribution is -2.43. The third-order valence-electron chi connectivity index (χ3n) is 3.68. The highest BCUT2D eigenvalue weighted by Crippen LogP contribution is 2.09. The zero-order valence-corrected chi connectivity index (χ0v) is 17.0. The van der Waals surface area contributed by atoms with Crippen LogP contribution in [-0.2, 0) is 14.2 Å². The largest absolute Gasteiger partial charge is 0.394 e. The molecule has 0 aromatic carbocycles. The number of aliphatic hydroxyl groups excluding tert-OH is 4. The number of nitrogens with zero attached hydrogens (tertiary/aromatic N) is 1. The van der Waals surface area contributed by atoms with E-state index in [2.05, 4.69) is 0 Å². The van der Waals surface area contributed by atoms with Crippen molar-refractivity contribution < 1.29 is 39.1 Å². The zero-order chi connectivity index (χ0) is 20.2. The molecule has 0 bridgehead atoms. The van der Waals surface area contributed by atoms with Crippen molar-refractivity contribution in [3.63, 3.8) is 0 Å². The summed E-state index contributed by atoms with van der Waals surface area (Å²) in [6.07, 6.45) is -1.22. The summed E-state index contributed by atoms with van der Waals surface area (Å²) in [7, 11) is 5.98. The van der Waals surface area contributed by atoms with Crippen molar-refractivity contribution in [1.82, 2.24) is 0 Å². The van der Waals surface area contributed by atoms with Crippen LogP contribution < -0.4 is 0 Å². The molecule has 0 saturated carbocycles. The Hall–Kier alpha value is -0.320. The van der Waals surface area contributed by atoms with Crippen molar-refractivity contribution in [2.45, 2.75) is 57.2 Å². The molecule has 5 unspecified atom stereocenters. The maximum Gasteiger partial charge on any atom is 0.126 e. The van der Waals surface area contributed by atoms with Gasteiger partial charge in [-0.2, -0.15) is 0 Å². The first-order valence-electron chi connectivity index (χ1n) is 9.33. The van der Waals surface area contributed by atoms with Crippen molar-refractivity contribution >= 4 is 0 Å². The number of hydrogen-bond donors (Lipinski definition) is 4. The van der Waals surface area contributed by atoms with Gasteiger partial charge in [-0.05, 0) is 19.8 Å². The molecule has 0 radical (unpaired) electrons. The smallest absolute Gasteiger partial charge is 0.126 e. The molecule has 0 rings (SSSR count). The normalized spacial score (nSPS) is 18.3. The number of rotatable bonds is 16. The molecule has 0 aromatic rings. The van der Waals surface area contributed by atoms with Crippen LogP contribution in [0.4, 0.5) is 0 Å².